The molecular weight excluding hydrogens is 349 g/mol. The summed E-state index contributed by atoms with van der Waals surface area (Å²) in [5.74, 6) is 0.980. The number of benzene rings is 1. The molecule has 0 amide bonds. The molecule has 1 aromatic carbocycles. The highest BCUT2D eigenvalue weighted by Gasteiger charge is 2.13. The molecule has 3 nitrogen and oxygen atoms in total. The maximum Gasteiger partial charge on any atom is 0.110 e. The molecule has 2 N–H and O–H groups in total. The molecule has 90 valence electrons. The van der Waals surface area contributed by atoms with Gasteiger partial charge in [-0.05, 0) is 46.4 Å². The summed E-state index contributed by atoms with van der Waals surface area (Å²) in [7, 11) is 1.97. The number of hydrogen-bond donors (Lipinski definition) is 1. The van der Waals surface area contributed by atoms with E-state index in [9.17, 15) is 0 Å². The minimum Gasteiger partial charge on any atom is -0.338 e. The van der Waals surface area contributed by atoms with Crippen LogP contribution in [0.1, 0.15) is 17.4 Å². The minimum atomic E-state index is -0.0818. The zero-order valence-corrected chi connectivity index (χ0v) is 12.3. The molecule has 0 aliphatic rings. The van der Waals surface area contributed by atoms with Crippen LogP contribution in [-0.4, -0.2) is 9.55 Å². The largest absolute Gasteiger partial charge is 0.338 e. The van der Waals surface area contributed by atoms with Gasteiger partial charge >= 0.3 is 0 Å². The second-order valence-corrected chi connectivity index (χ2v) is 5.53. The molecule has 1 unspecified atom stereocenters. The normalized spacial score (nSPS) is 12.7. The standard InChI is InChI=1S/C12H13ClIN3/c1-17-5-4-16-12(17)7-11(15)9-6-8(13)2-3-10(9)14/h2-6,11H,7,15H2,1H3. The van der Waals surface area contributed by atoms with Gasteiger partial charge in [0.15, 0.2) is 0 Å². The number of halogens is 2. The Kier molecular flexibility index (Phi) is 4.06. The third kappa shape index (κ3) is 3.00. The molecule has 17 heavy (non-hydrogen) atoms. The van der Waals surface area contributed by atoms with Crippen LogP contribution >= 0.6 is 34.2 Å². The summed E-state index contributed by atoms with van der Waals surface area (Å²) in [6.07, 6.45) is 4.41. The molecule has 1 atom stereocenters. The van der Waals surface area contributed by atoms with Crippen molar-refractivity contribution in [2.45, 2.75) is 12.5 Å². The van der Waals surface area contributed by atoms with Crippen molar-refractivity contribution in [3.63, 3.8) is 0 Å². The van der Waals surface area contributed by atoms with Crippen LogP contribution in [0.2, 0.25) is 5.02 Å². The van der Waals surface area contributed by atoms with Gasteiger partial charge in [0, 0.05) is 40.5 Å². The van der Waals surface area contributed by atoms with Gasteiger partial charge in [-0.2, -0.15) is 0 Å². The van der Waals surface area contributed by atoms with Crippen LogP contribution in [0.15, 0.2) is 30.6 Å². The summed E-state index contributed by atoms with van der Waals surface area (Å²) in [5, 5.41) is 0.718. The van der Waals surface area contributed by atoms with E-state index in [0.717, 1.165) is 20.0 Å². The van der Waals surface area contributed by atoms with Crippen LogP contribution in [0.5, 0.6) is 0 Å². The van der Waals surface area contributed by atoms with Crippen molar-refractivity contribution in [2.75, 3.05) is 0 Å². The highest BCUT2D eigenvalue weighted by atomic mass is 127. The second kappa shape index (κ2) is 5.37. The predicted octanol–water partition coefficient (Wildman–Crippen LogP) is 2.92. The lowest BCUT2D eigenvalue weighted by molar-refractivity contribution is 0.657. The number of nitrogens with zero attached hydrogens (tertiary/aromatic N) is 2. The zero-order chi connectivity index (χ0) is 12.4. The first-order valence-corrected chi connectivity index (χ1v) is 6.70. The minimum absolute atomic E-state index is 0.0818. The van der Waals surface area contributed by atoms with Crippen molar-refractivity contribution in [3.05, 3.63) is 50.6 Å². The summed E-state index contributed by atoms with van der Waals surface area (Å²) in [6.45, 7) is 0. The Hall–Kier alpha value is -0.590. The molecule has 1 heterocycles. The van der Waals surface area contributed by atoms with Crippen LogP contribution in [0, 0.1) is 3.57 Å². The fourth-order valence-electron chi connectivity index (χ4n) is 1.70. The third-order valence-electron chi connectivity index (χ3n) is 2.68. The van der Waals surface area contributed by atoms with E-state index in [1.54, 1.807) is 6.20 Å². The number of aryl methyl sites for hydroxylation is 1. The van der Waals surface area contributed by atoms with E-state index in [-0.39, 0.29) is 6.04 Å². The first-order valence-electron chi connectivity index (χ1n) is 5.24. The van der Waals surface area contributed by atoms with Crippen molar-refractivity contribution in [1.82, 2.24) is 9.55 Å². The Morgan fingerprint density at radius 1 is 1.53 bits per heavy atom. The summed E-state index contributed by atoms with van der Waals surface area (Å²) in [4.78, 5) is 4.28. The van der Waals surface area contributed by atoms with Gasteiger partial charge in [0.25, 0.3) is 0 Å². The summed E-state index contributed by atoms with van der Waals surface area (Å²) < 4.78 is 3.12. The van der Waals surface area contributed by atoms with Crippen LogP contribution in [0.25, 0.3) is 0 Å². The van der Waals surface area contributed by atoms with Crippen molar-refractivity contribution in [2.24, 2.45) is 12.8 Å². The first-order chi connectivity index (χ1) is 8.08. The number of imidazole rings is 1. The molecule has 0 aliphatic carbocycles. The monoisotopic (exact) mass is 361 g/mol. The van der Waals surface area contributed by atoms with Crippen LogP contribution in [-0.2, 0) is 13.5 Å². The lowest BCUT2D eigenvalue weighted by Crippen LogP contribution is -2.17. The number of aromatic nitrogens is 2. The zero-order valence-electron chi connectivity index (χ0n) is 9.40. The average molecular weight is 362 g/mol. The van der Waals surface area contributed by atoms with E-state index in [1.165, 1.54) is 0 Å². The first kappa shape index (κ1) is 12.9. The van der Waals surface area contributed by atoms with E-state index in [1.807, 2.05) is 36.0 Å². The molecule has 0 saturated carbocycles. The van der Waals surface area contributed by atoms with Gasteiger partial charge in [0.2, 0.25) is 0 Å². The topological polar surface area (TPSA) is 43.8 Å². The Balaban J connectivity index is 2.23. The molecule has 2 rings (SSSR count). The summed E-state index contributed by atoms with van der Waals surface area (Å²) in [5.41, 5.74) is 7.28. The van der Waals surface area contributed by atoms with E-state index in [4.69, 9.17) is 17.3 Å². The Labute approximate surface area is 119 Å². The highest BCUT2D eigenvalue weighted by Crippen LogP contribution is 2.24. The SMILES string of the molecule is Cn1ccnc1CC(N)c1cc(Cl)ccc1I. The molecule has 0 fully saturated rings. The third-order valence-corrected chi connectivity index (χ3v) is 3.90. The van der Waals surface area contributed by atoms with E-state index in [0.29, 0.717) is 6.42 Å². The van der Waals surface area contributed by atoms with Crippen LogP contribution in [0.4, 0.5) is 0 Å². The van der Waals surface area contributed by atoms with Crippen molar-refractivity contribution >= 4 is 34.2 Å². The Bertz CT molecular complexity index is 524. The molecule has 1 aromatic heterocycles. The number of nitrogens with two attached hydrogens (primary N) is 1. The number of hydrogen-bond acceptors (Lipinski definition) is 2. The quantitative estimate of drug-likeness (QED) is 0.854. The van der Waals surface area contributed by atoms with Crippen molar-refractivity contribution in [3.8, 4) is 0 Å². The highest BCUT2D eigenvalue weighted by molar-refractivity contribution is 14.1. The van der Waals surface area contributed by atoms with E-state index >= 15 is 0 Å². The van der Waals surface area contributed by atoms with Gasteiger partial charge in [0.1, 0.15) is 5.82 Å². The van der Waals surface area contributed by atoms with Crippen LogP contribution < -0.4 is 5.73 Å². The molecule has 0 bridgehead atoms. The van der Waals surface area contributed by atoms with Gasteiger partial charge < -0.3 is 10.3 Å². The molecule has 0 saturated heterocycles. The van der Waals surface area contributed by atoms with Crippen molar-refractivity contribution in [1.29, 1.82) is 0 Å². The second-order valence-electron chi connectivity index (χ2n) is 3.93. The van der Waals surface area contributed by atoms with Gasteiger partial charge in [-0.1, -0.05) is 11.6 Å². The fraction of sp³-hybridized carbons (Fsp3) is 0.250. The molecular formula is C12H13ClIN3. The molecule has 2 aromatic rings. The Morgan fingerprint density at radius 3 is 2.94 bits per heavy atom. The fourth-order valence-corrected chi connectivity index (χ4v) is 2.61. The molecule has 0 radical (unpaired) electrons. The lowest BCUT2D eigenvalue weighted by atomic mass is 10.0. The van der Waals surface area contributed by atoms with Crippen LogP contribution in [0.3, 0.4) is 0 Å². The van der Waals surface area contributed by atoms with Gasteiger partial charge in [0.05, 0.1) is 0 Å². The molecule has 0 spiro atoms. The Morgan fingerprint density at radius 2 is 2.29 bits per heavy atom. The average Bonchev–Trinajstić information content (AvgIpc) is 2.68. The summed E-state index contributed by atoms with van der Waals surface area (Å²) in [6, 6.07) is 5.70. The lowest BCUT2D eigenvalue weighted by Gasteiger charge is -2.14. The smallest absolute Gasteiger partial charge is 0.110 e. The van der Waals surface area contributed by atoms with Crippen molar-refractivity contribution < 1.29 is 0 Å². The maximum atomic E-state index is 6.21. The maximum absolute atomic E-state index is 6.21. The molecule has 5 heteroatoms. The van der Waals surface area contributed by atoms with E-state index in [2.05, 4.69) is 27.6 Å². The molecule has 0 aliphatic heterocycles. The van der Waals surface area contributed by atoms with Gasteiger partial charge in [-0.25, -0.2) is 4.98 Å². The van der Waals surface area contributed by atoms with Gasteiger partial charge in [-0.3, -0.25) is 0 Å². The van der Waals surface area contributed by atoms with E-state index < -0.39 is 0 Å². The van der Waals surface area contributed by atoms with Gasteiger partial charge in [-0.15, -0.1) is 0 Å². The number of rotatable bonds is 3. The predicted molar refractivity (Wildman–Crippen MR) is 78.0 cm³/mol. The summed E-state index contributed by atoms with van der Waals surface area (Å²) >= 11 is 8.27.